The highest BCUT2D eigenvalue weighted by atomic mass is 16.2. The van der Waals surface area contributed by atoms with Crippen molar-refractivity contribution >= 4 is 12.0 Å². The number of aryl methyl sites for hydroxylation is 2. The van der Waals surface area contributed by atoms with Crippen LogP contribution >= 0.6 is 0 Å². The first-order chi connectivity index (χ1) is 8.56. The largest absolute Gasteiger partial charge is 0.370 e. The standard InChI is InChI=1S/C12H19N5O/c1-9-5-3-7-16-10(9)6-4-8-17(11(13)14)12(18)15-2/h3,5,7H,4,6,8H2,1-2H3,(H3,13,14)(H,15,18). The van der Waals surface area contributed by atoms with Crippen molar-refractivity contribution in [3.05, 3.63) is 29.6 Å². The summed E-state index contributed by atoms with van der Waals surface area (Å²) in [6.45, 7) is 2.41. The zero-order valence-electron chi connectivity index (χ0n) is 10.7. The Bertz CT molecular complexity index is 432. The van der Waals surface area contributed by atoms with E-state index >= 15 is 0 Å². The van der Waals surface area contributed by atoms with Gasteiger partial charge in [-0.05, 0) is 31.4 Å². The summed E-state index contributed by atoms with van der Waals surface area (Å²) in [5, 5.41) is 9.79. The summed E-state index contributed by atoms with van der Waals surface area (Å²) in [6.07, 6.45) is 3.22. The van der Waals surface area contributed by atoms with Crippen molar-refractivity contribution in [3.8, 4) is 0 Å². The molecule has 0 spiro atoms. The van der Waals surface area contributed by atoms with Crippen LogP contribution in [-0.4, -0.2) is 35.5 Å². The topological polar surface area (TPSA) is 95.1 Å². The lowest BCUT2D eigenvalue weighted by Crippen LogP contribution is -2.46. The second kappa shape index (κ2) is 6.58. The van der Waals surface area contributed by atoms with Crippen LogP contribution in [0.5, 0.6) is 0 Å². The Labute approximate surface area is 107 Å². The number of nitrogens with zero attached hydrogens (tertiary/aromatic N) is 2. The van der Waals surface area contributed by atoms with Crippen LogP contribution in [0.1, 0.15) is 17.7 Å². The molecule has 1 aromatic rings. The number of hydrogen-bond acceptors (Lipinski definition) is 3. The van der Waals surface area contributed by atoms with Crippen molar-refractivity contribution in [2.45, 2.75) is 19.8 Å². The van der Waals surface area contributed by atoms with Crippen LogP contribution < -0.4 is 11.1 Å². The molecule has 4 N–H and O–H groups in total. The van der Waals surface area contributed by atoms with E-state index in [2.05, 4.69) is 10.3 Å². The molecule has 0 saturated carbocycles. The molecule has 0 radical (unpaired) electrons. The van der Waals surface area contributed by atoms with E-state index in [0.717, 1.165) is 17.7 Å². The van der Waals surface area contributed by atoms with E-state index in [1.54, 1.807) is 6.20 Å². The summed E-state index contributed by atoms with van der Waals surface area (Å²) >= 11 is 0. The number of aromatic nitrogens is 1. The van der Waals surface area contributed by atoms with Crippen molar-refractivity contribution in [2.75, 3.05) is 13.6 Å². The first-order valence-electron chi connectivity index (χ1n) is 5.80. The predicted octanol–water partition coefficient (Wildman–Crippen LogP) is 0.857. The molecule has 1 rings (SSSR count). The van der Waals surface area contributed by atoms with E-state index in [1.165, 1.54) is 11.9 Å². The van der Waals surface area contributed by atoms with Gasteiger partial charge in [0.2, 0.25) is 0 Å². The first kappa shape index (κ1) is 14.0. The molecule has 0 bridgehead atoms. The van der Waals surface area contributed by atoms with Gasteiger partial charge in [0.15, 0.2) is 5.96 Å². The monoisotopic (exact) mass is 249 g/mol. The Kier molecular flexibility index (Phi) is 5.10. The Morgan fingerprint density at radius 2 is 2.33 bits per heavy atom. The minimum absolute atomic E-state index is 0.243. The zero-order valence-corrected chi connectivity index (χ0v) is 10.7. The average molecular weight is 249 g/mol. The second-order valence-corrected chi connectivity index (χ2v) is 3.96. The van der Waals surface area contributed by atoms with Crippen molar-refractivity contribution in [1.82, 2.24) is 15.2 Å². The van der Waals surface area contributed by atoms with Crippen LogP contribution in [0.25, 0.3) is 0 Å². The Balaban J connectivity index is 2.52. The lowest BCUT2D eigenvalue weighted by molar-refractivity contribution is 0.222. The minimum atomic E-state index is -0.361. The first-order valence-corrected chi connectivity index (χ1v) is 5.80. The number of rotatable bonds is 4. The summed E-state index contributed by atoms with van der Waals surface area (Å²) in [7, 11) is 1.52. The number of nitrogens with two attached hydrogens (primary N) is 1. The van der Waals surface area contributed by atoms with Crippen molar-refractivity contribution < 1.29 is 4.79 Å². The van der Waals surface area contributed by atoms with E-state index in [1.807, 2.05) is 19.1 Å². The smallest absolute Gasteiger partial charge is 0.323 e. The van der Waals surface area contributed by atoms with E-state index < -0.39 is 0 Å². The summed E-state index contributed by atoms with van der Waals surface area (Å²) in [5.41, 5.74) is 7.50. The van der Waals surface area contributed by atoms with E-state index in [0.29, 0.717) is 13.0 Å². The van der Waals surface area contributed by atoms with E-state index in [-0.39, 0.29) is 12.0 Å². The van der Waals surface area contributed by atoms with Crippen LogP contribution in [0, 0.1) is 12.3 Å². The molecule has 0 saturated heterocycles. The molecule has 0 unspecified atom stereocenters. The van der Waals surface area contributed by atoms with Crippen LogP contribution in [0.4, 0.5) is 4.79 Å². The van der Waals surface area contributed by atoms with Gasteiger partial charge < -0.3 is 11.1 Å². The number of amides is 2. The van der Waals surface area contributed by atoms with Gasteiger partial charge in [-0.1, -0.05) is 6.07 Å². The number of guanidine groups is 1. The summed E-state index contributed by atoms with van der Waals surface area (Å²) in [4.78, 5) is 16.9. The van der Waals surface area contributed by atoms with Gasteiger partial charge in [-0.15, -0.1) is 0 Å². The highest BCUT2D eigenvalue weighted by Crippen LogP contribution is 2.06. The maximum Gasteiger partial charge on any atom is 0.323 e. The van der Waals surface area contributed by atoms with Gasteiger partial charge in [0, 0.05) is 25.5 Å². The molecule has 0 aliphatic heterocycles. The molecular formula is C12H19N5O. The predicted molar refractivity (Wildman–Crippen MR) is 70.4 cm³/mol. The number of carbonyl (C=O) groups is 1. The molecule has 0 aromatic carbocycles. The third-order valence-electron chi connectivity index (χ3n) is 2.66. The number of urea groups is 1. The summed E-state index contributed by atoms with van der Waals surface area (Å²) < 4.78 is 0. The third kappa shape index (κ3) is 3.73. The molecule has 18 heavy (non-hydrogen) atoms. The van der Waals surface area contributed by atoms with Gasteiger partial charge in [0.1, 0.15) is 0 Å². The number of nitrogens with one attached hydrogen (secondary N) is 2. The second-order valence-electron chi connectivity index (χ2n) is 3.96. The Morgan fingerprint density at radius 1 is 1.61 bits per heavy atom. The molecule has 6 heteroatoms. The summed E-state index contributed by atoms with van der Waals surface area (Å²) in [6, 6.07) is 3.54. The van der Waals surface area contributed by atoms with Crippen LogP contribution in [-0.2, 0) is 6.42 Å². The van der Waals surface area contributed by atoms with E-state index in [4.69, 9.17) is 11.1 Å². The molecule has 0 atom stereocenters. The zero-order chi connectivity index (χ0) is 13.5. The number of pyridine rings is 1. The van der Waals surface area contributed by atoms with Gasteiger partial charge in [-0.2, -0.15) is 0 Å². The molecule has 2 amide bonds. The molecule has 1 heterocycles. The fraction of sp³-hybridized carbons (Fsp3) is 0.417. The normalized spacial score (nSPS) is 9.89. The number of carbonyl (C=O) groups excluding carboxylic acids is 1. The quantitative estimate of drug-likeness (QED) is 0.545. The fourth-order valence-electron chi connectivity index (χ4n) is 1.65. The van der Waals surface area contributed by atoms with Crippen molar-refractivity contribution in [1.29, 1.82) is 5.41 Å². The van der Waals surface area contributed by atoms with Gasteiger partial charge in [0.05, 0.1) is 0 Å². The SMILES string of the molecule is CNC(=O)N(CCCc1ncccc1C)C(=N)N. The molecule has 0 aliphatic carbocycles. The highest BCUT2D eigenvalue weighted by molar-refractivity contribution is 5.93. The van der Waals surface area contributed by atoms with Crippen molar-refractivity contribution in [3.63, 3.8) is 0 Å². The van der Waals surface area contributed by atoms with Crippen LogP contribution in [0.2, 0.25) is 0 Å². The molecular weight excluding hydrogens is 230 g/mol. The molecule has 0 aliphatic rings. The molecule has 0 fully saturated rings. The highest BCUT2D eigenvalue weighted by Gasteiger charge is 2.14. The van der Waals surface area contributed by atoms with Gasteiger partial charge in [-0.25, -0.2) is 4.79 Å². The fourth-order valence-corrected chi connectivity index (χ4v) is 1.65. The maximum absolute atomic E-state index is 11.4. The lowest BCUT2D eigenvalue weighted by atomic mass is 10.1. The molecule has 98 valence electrons. The average Bonchev–Trinajstić information content (AvgIpc) is 2.35. The third-order valence-corrected chi connectivity index (χ3v) is 2.66. The van der Waals surface area contributed by atoms with Crippen LogP contribution in [0.15, 0.2) is 18.3 Å². The molecule has 6 nitrogen and oxygen atoms in total. The maximum atomic E-state index is 11.4. The van der Waals surface area contributed by atoms with Crippen LogP contribution in [0.3, 0.4) is 0 Å². The summed E-state index contributed by atoms with van der Waals surface area (Å²) in [5.74, 6) is -0.243. The van der Waals surface area contributed by atoms with Gasteiger partial charge >= 0.3 is 6.03 Å². The lowest BCUT2D eigenvalue weighted by Gasteiger charge is -2.19. The van der Waals surface area contributed by atoms with E-state index in [9.17, 15) is 4.79 Å². The number of hydrogen-bond donors (Lipinski definition) is 3. The Hall–Kier alpha value is -2.11. The minimum Gasteiger partial charge on any atom is -0.370 e. The van der Waals surface area contributed by atoms with Crippen molar-refractivity contribution in [2.24, 2.45) is 5.73 Å². The van der Waals surface area contributed by atoms with Gasteiger partial charge in [0.25, 0.3) is 0 Å². The molecule has 1 aromatic heterocycles. The van der Waals surface area contributed by atoms with Gasteiger partial charge in [-0.3, -0.25) is 15.3 Å². The Morgan fingerprint density at radius 3 is 2.89 bits per heavy atom.